The monoisotopic (exact) mass is 415 g/mol. The number of aromatic nitrogens is 4. The summed E-state index contributed by atoms with van der Waals surface area (Å²) in [7, 11) is 0. The molecule has 156 valence electrons. The third-order valence-electron chi connectivity index (χ3n) is 5.53. The van der Waals surface area contributed by atoms with Gasteiger partial charge in [-0.15, -0.1) is 0 Å². The minimum atomic E-state index is -0.394. The molecule has 1 amide bonds. The Kier molecular flexibility index (Phi) is 4.54. The van der Waals surface area contributed by atoms with Crippen LogP contribution in [0.2, 0.25) is 0 Å². The topological polar surface area (TPSA) is 82.2 Å². The summed E-state index contributed by atoms with van der Waals surface area (Å²) in [5, 5.41) is 4.30. The number of carbonyl (C=O) groups excluding carboxylic acids is 2. The Morgan fingerprint density at radius 2 is 1.84 bits per heavy atom. The average molecular weight is 415 g/mol. The predicted octanol–water partition coefficient (Wildman–Crippen LogP) is 3.37. The van der Waals surface area contributed by atoms with Gasteiger partial charge in [-0.25, -0.2) is 14.5 Å². The van der Waals surface area contributed by atoms with Gasteiger partial charge in [0.1, 0.15) is 5.56 Å². The standard InChI is InChI=1S/C23H21N5O3/c1-3-31-22(30)18-14-24-28(15(18)2)17-10-8-16(9-11-17)21(29)27-13-12-26-20-7-5-4-6-19(20)25-23(26)27/h4-11,14H,3,12-13H2,1-2H3. The van der Waals surface area contributed by atoms with E-state index in [1.54, 1.807) is 28.6 Å². The largest absolute Gasteiger partial charge is 0.462 e. The van der Waals surface area contributed by atoms with Crippen LogP contribution in [0, 0.1) is 6.92 Å². The molecule has 31 heavy (non-hydrogen) atoms. The predicted molar refractivity (Wildman–Crippen MR) is 116 cm³/mol. The van der Waals surface area contributed by atoms with Crippen molar-refractivity contribution in [1.29, 1.82) is 0 Å². The second-order valence-electron chi connectivity index (χ2n) is 7.33. The van der Waals surface area contributed by atoms with Crippen LogP contribution in [0.1, 0.15) is 33.3 Å². The molecule has 5 rings (SSSR count). The number of hydrogen-bond acceptors (Lipinski definition) is 5. The summed E-state index contributed by atoms with van der Waals surface area (Å²) in [6.45, 7) is 5.21. The van der Waals surface area contributed by atoms with Crippen LogP contribution in [0.4, 0.5) is 5.95 Å². The normalized spacial score (nSPS) is 12.9. The number of imidazole rings is 1. The van der Waals surface area contributed by atoms with E-state index in [0.29, 0.717) is 35.9 Å². The number of ether oxygens (including phenoxy) is 1. The van der Waals surface area contributed by atoms with Crippen molar-refractivity contribution >= 4 is 28.9 Å². The van der Waals surface area contributed by atoms with Gasteiger partial charge in [-0.05, 0) is 50.2 Å². The molecule has 0 fully saturated rings. The number of rotatable bonds is 4. The van der Waals surface area contributed by atoms with Crippen LogP contribution in [0.15, 0.2) is 54.7 Å². The van der Waals surface area contributed by atoms with Crippen molar-refractivity contribution in [3.05, 3.63) is 71.5 Å². The molecule has 2 aromatic heterocycles. The zero-order valence-corrected chi connectivity index (χ0v) is 17.3. The van der Waals surface area contributed by atoms with Crippen molar-refractivity contribution < 1.29 is 14.3 Å². The summed E-state index contributed by atoms with van der Waals surface area (Å²) in [5.74, 6) is 0.192. The third kappa shape index (κ3) is 3.07. The highest BCUT2D eigenvalue weighted by Crippen LogP contribution is 2.28. The van der Waals surface area contributed by atoms with Gasteiger partial charge >= 0.3 is 5.97 Å². The van der Waals surface area contributed by atoms with Gasteiger partial charge in [0.2, 0.25) is 5.95 Å². The summed E-state index contributed by atoms with van der Waals surface area (Å²) >= 11 is 0. The van der Waals surface area contributed by atoms with E-state index < -0.39 is 5.97 Å². The highest BCUT2D eigenvalue weighted by atomic mass is 16.5. The van der Waals surface area contributed by atoms with Crippen LogP contribution in [-0.4, -0.2) is 44.4 Å². The van der Waals surface area contributed by atoms with Crippen molar-refractivity contribution in [3.8, 4) is 5.69 Å². The van der Waals surface area contributed by atoms with Crippen LogP contribution >= 0.6 is 0 Å². The van der Waals surface area contributed by atoms with E-state index in [1.807, 2.05) is 43.3 Å². The van der Waals surface area contributed by atoms with E-state index in [4.69, 9.17) is 4.74 Å². The Morgan fingerprint density at radius 3 is 2.61 bits per heavy atom. The lowest BCUT2D eigenvalue weighted by molar-refractivity contribution is 0.0525. The Hall–Kier alpha value is -3.94. The fourth-order valence-corrected chi connectivity index (χ4v) is 3.96. The molecule has 8 nitrogen and oxygen atoms in total. The molecule has 3 heterocycles. The maximum atomic E-state index is 13.2. The lowest BCUT2D eigenvalue weighted by atomic mass is 10.1. The number of anilines is 1. The molecule has 0 saturated heterocycles. The summed E-state index contributed by atoms with van der Waals surface area (Å²) in [5.41, 5.74) is 4.37. The van der Waals surface area contributed by atoms with Gasteiger partial charge in [0, 0.05) is 18.7 Å². The van der Waals surface area contributed by atoms with Crippen molar-refractivity contribution in [3.63, 3.8) is 0 Å². The van der Waals surface area contributed by atoms with Crippen LogP contribution < -0.4 is 4.90 Å². The van der Waals surface area contributed by atoms with E-state index in [0.717, 1.165) is 23.3 Å². The fraction of sp³-hybridized carbons (Fsp3) is 0.217. The minimum Gasteiger partial charge on any atom is -0.462 e. The number of fused-ring (bicyclic) bond motifs is 3. The number of nitrogens with zero attached hydrogens (tertiary/aromatic N) is 5. The first-order valence-corrected chi connectivity index (χ1v) is 10.2. The van der Waals surface area contributed by atoms with Crippen molar-refractivity contribution in [1.82, 2.24) is 19.3 Å². The molecule has 0 atom stereocenters. The molecule has 0 radical (unpaired) electrons. The SMILES string of the molecule is CCOC(=O)c1cnn(-c2ccc(C(=O)N3CCn4c3nc3ccccc34)cc2)c1C. The van der Waals surface area contributed by atoms with Crippen LogP contribution in [-0.2, 0) is 11.3 Å². The van der Waals surface area contributed by atoms with E-state index in [-0.39, 0.29) is 5.91 Å². The summed E-state index contributed by atoms with van der Waals surface area (Å²) in [6, 6.07) is 15.1. The number of amides is 1. The van der Waals surface area contributed by atoms with Gasteiger partial charge in [0.05, 0.1) is 35.2 Å². The highest BCUT2D eigenvalue weighted by Gasteiger charge is 2.29. The minimum absolute atomic E-state index is 0.0926. The fourth-order valence-electron chi connectivity index (χ4n) is 3.96. The molecular formula is C23H21N5O3. The first kappa shape index (κ1) is 19.0. The Balaban J connectivity index is 1.40. The lowest BCUT2D eigenvalue weighted by Gasteiger charge is -2.14. The van der Waals surface area contributed by atoms with E-state index >= 15 is 0 Å². The molecule has 1 aliphatic heterocycles. The van der Waals surface area contributed by atoms with Gasteiger partial charge < -0.3 is 9.30 Å². The Morgan fingerprint density at radius 1 is 1.06 bits per heavy atom. The van der Waals surface area contributed by atoms with E-state index in [9.17, 15) is 9.59 Å². The van der Waals surface area contributed by atoms with E-state index in [2.05, 4.69) is 14.6 Å². The molecule has 0 bridgehead atoms. The molecule has 0 saturated carbocycles. The molecule has 0 unspecified atom stereocenters. The number of para-hydroxylation sites is 2. The molecular weight excluding hydrogens is 394 g/mol. The van der Waals surface area contributed by atoms with Crippen molar-refractivity contribution in [2.45, 2.75) is 20.4 Å². The number of hydrogen-bond donors (Lipinski definition) is 0. The molecule has 2 aromatic carbocycles. The van der Waals surface area contributed by atoms with Gasteiger partial charge in [-0.3, -0.25) is 9.69 Å². The molecule has 0 N–H and O–H groups in total. The Labute approximate surface area is 178 Å². The molecule has 0 spiro atoms. The zero-order chi connectivity index (χ0) is 21.5. The Bertz CT molecular complexity index is 1300. The zero-order valence-electron chi connectivity index (χ0n) is 17.3. The van der Waals surface area contributed by atoms with Crippen molar-refractivity contribution in [2.75, 3.05) is 18.1 Å². The molecule has 0 aliphatic carbocycles. The molecule has 4 aromatic rings. The third-order valence-corrected chi connectivity index (χ3v) is 5.53. The second kappa shape index (κ2) is 7.39. The van der Waals surface area contributed by atoms with E-state index in [1.165, 1.54) is 6.20 Å². The number of esters is 1. The maximum Gasteiger partial charge on any atom is 0.341 e. The average Bonchev–Trinajstić information content (AvgIpc) is 3.47. The first-order valence-electron chi connectivity index (χ1n) is 10.2. The van der Waals surface area contributed by atoms with Crippen LogP contribution in [0.3, 0.4) is 0 Å². The van der Waals surface area contributed by atoms with Crippen LogP contribution in [0.25, 0.3) is 16.7 Å². The molecule has 1 aliphatic rings. The second-order valence-corrected chi connectivity index (χ2v) is 7.33. The number of carbonyl (C=O) groups is 2. The first-order chi connectivity index (χ1) is 15.1. The van der Waals surface area contributed by atoms with Gasteiger partial charge in [-0.1, -0.05) is 12.1 Å². The summed E-state index contributed by atoms with van der Waals surface area (Å²) in [6.07, 6.45) is 1.50. The smallest absolute Gasteiger partial charge is 0.341 e. The maximum absolute atomic E-state index is 13.2. The van der Waals surface area contributed by atoms with Crippen LogP contribution in [0.5, 0.6) is 0 Å². The quantitative estimate of drug-likeness (QED) is 0.477. The highest BCUT2D eigenvalue weighted by molar-refractivity contribution is 6.06. The van der Waals surface area contributed by atoms with Gasteiger partial charge in [0.25, 0.3) is 5.91 Å². The molecule has 8 heteroatoms. The summed E-state index contributed by atoms with van der Waals surface area (Å²) < 4.78 is 8.80. The number of benzene rings is 2. The summed E-state index contributed by atoms with van der Waals surface area (Å²) in [4.78, 5) is 31.5. The van der Waals surface area contributed by atoms with Gasteiger partial charge in [0.15, 0.2) is 0 Å². The lowest BCUT2D eigenvalue weighted by Crippen LogP contribution is -2.29. The van der Waals surface area contributed by atoms with Crippen molar-refractivity contribution in [2.24, 2.45) is 0 Å². The van der Waals surface area contributed by atoms with Gasteiger partial charge in [-0.2, -0.15) is 5.10 Å².